The Morgan fingerprint density at radius 3 is 2.55 bits per heavy atom. The first-order valence-electron chi connectivity index (χ1n) is 3.33. The van der Waals surface area contributed by atoms with Crippen molar-refractivity contribution in [1.29, 1.82) is 0 Å². The smallest absolute Gasteiger partial charge is 0.331 e. The van der Waals surface area contributed by atoms with Crippen molar-refractivity contribution in [3.8, 4) is 0 Å². The van der Waals surface area contributed by atoms with Gasteiger partial charge in [-0.2, -0.15) is 5.48 Å². The molecule has 0 aliphatic heterocycles. The zero-order chi connectivity index (χ0) is 8.85. The second kappa shape index (κ2) is 4.68. The van der Waals surface area contributed by atoms with E-state index in [1.54, 1.807) is 6.92 Å². The summed E-state index contributed by atoms with van der Waals surface area (Å²) in [5.41, 5.74) is 7.08. The van der Waals surface area contributed by atoms with E-state index in [2.05, 4.69) is 4.84 Å². The van der Waals surface area contributed by atoms with Crippen LogP contribution < -0.4 is 11.2 Å². The summed E-state index contributed by atoms with van der Waals surface area (Å²) in [5, 5.41) is 0. The standard InChI is InChI=1S/C6H12N2O3/c1-3-5(9)11-8-6(10)4(2)7/h4H,3,7H2,1-2H3,(H,8,10)/t4-/m0/s1. The Kier molecular flexibility index (Phi) is 4.21. The Balaban J connectivity index is 3.54. The van der Waals surface area contributed by atoms with Gasteiger partial charge in [0.15, 0.2) is 0 Å². The maximum Gasteiger partial charge on any atom is 0.331 e. The average molecular weight is 160 g/mol. The number of carbonyl (C=O) groups excluding carboxylic acids is 2. The van der Waals surface area contributed by atoms with Crippen molar-refractivity contribution in [3.05, 3.63) is 0 Å². The van der Waals surface area contributed by atoms with Crippen LogP contribution in [0, 0.1) is 0 Å². The van der Waals surface area contributed by atoms with Crippen LogP contribution in [0.1, 0.15) is 20.3 Å². The van der Waals surface area contributed by atoms with Crippen molar-refractivity contribution in [2.45, 2.75) is 26.3 Å². The minimum Gasteiger partial charge on any atom is -0.341 e. The number of amides is 1. The Morgan fingerprint density at radius 2 is 2.18 bits per heavy atom. The van der Waals surface area contributed by atoms with Gasteiger partial charge in [0, 0.05) is 6.42 Å². The van der Waals surface area contributed by atoms with Crippen LogP contribution in [0.4, 0.5) is 0 Å². The fraction of sp³-hybridized carbons (Fsp3) is 0.667. The first kappa shape index (κ1) is 9.90. The minimum atomic E-state index is -0.667. The predicted octanol–water partition coefficient (Wildman–Crippen LogP) is -0.682. The van der Waals surface area contributed by atoms with E-state index in [0.717, 1.165) is 0 Å². The number of hydrogen-bond acceptors (Lipinski definition) is 4. The summed E-state index contributed by atoms with van der Waals surface area (Å²) in [6.07, 6.45) is 0.221. The fourth-order valence-electron chi connectivity index (χ4n) is 0.272. The lowest BCUT2D eigenvalue weighted by Gasteiger charge is -2.05. The zero-order valence-corrected chi connectivity index (χ0v) is 6.59. The molecule has 11 heavy (non-hydrogen) atoms. The van der Waals surface area contributed by atoms with Gasteiger partial charge in [-0.15, -0.1) is 0 Å². The number of hydroxylamine groups is 1. The summed E-state index contributed by atoms with van der Waals surface area (Å²) in [6, 6.07) is -0.667. The molecule has 0 saturated carbocycles. The topological polar surface area (TPSA) is 81.4 Å². The molecule has 0 heterocycles. The predicted molar refractivity (Wildman–Crippen MR) is 38.2 cm³/mol. The summed E-state index contributed by atoms with van der Waals surface area (Å²) in [5.74, 6) is -0.995. The highest BCUT2D eigenvalue weighted by Gasteiger charge is 2.08. The van der Waals surface area contributed by atoms with Crippen LogP contribution in [-0.4, -0.2) is 17.9 Å². The molecule has 0 aliphatic carbocycles. The quantitative estimate of drug-likeness (QED) is 0.524. The third-order valence-corrected chi connectivity index (χ3v) is 0.968. The summed E-state index contributed by atoms with van der Waals surface area (Å²) in [7, 11) is 0. The molecule has 1 amide bonds. The normalized spacial score (nSPS) is 11.9. The second-order valence-electron chi connectivity index (χ2n) is 2.08. The lowest BCUT2D eigenvalue weighted by molar-refractivity contribution is -0.158. The van der Waals surface area contributed by atoms with Crippen molar-refractivity contribution < 1.29 is 14.4 Å². The van der Waals surface area contributed by atoms with Gasteiger partial charge in [-0.1, -0.05) is 6.92 Å². The number of nitrogens with one attached hydrogen (secondary N) is 1. The van der Waals surface area contributed by atoms with Gasteiger partial charge < -0.3 is 10.6 Å². The number of nitrogens with two attached hydrogens (primary N) is 1. The molecule has 0 rings (SSSR count). The van der Waals surface area contributed by atoms with Crippen LogP contribution in [0.25, 0.3) is 0 Å². The number of rotatable bonds is 2. The fourth-order valence-corrected chi connectivity index (χ4v) is 0.272. The molecule has 1 atom stereocenters. The van der Waals surface area contributed by atoms with Gasteiger partial charge in [0.1, 0.15) is 0 Å². The monoisotopic (exact) mass is 160 g/mol. The van der Waals surface area contributed by atoms with Gasteiger partial charge in [-0.05, 0) is 6.92 Å². The maximum atomic E-state index is 10.6. The zero-order valence-electron chi connectivity index (χ0n) is 6.59. The molecule has 3 N–H and O–H groups in total. The van der Waals surface area contributed by atoms with E-state index in [4.69, 9.17) is 5.73 Å². The Morgan fingerprint density at radius 1 is 1.64 bits per heavy atom. The van der Waals surface area contributed by atoms with E-state index in [1.807, 2.05) is 5.48 Å². The highest BCUT2D eigenvalue weighted by molar-refractivity contribution is 5.81. The molecule has 0 aromatic heterocycles. The third kappa shape index (κ3) is 4.32. The molecule has 5 nitrogen and oxygen atoms in total. The maximum absolute atomic E-state index is 10.6. The molecule has 0 radical (unpaired) electrons. The lowest BCUT2D eigenvalue weighted by atomic mass is 10.4. The van der Waals surface area contributed by atoms with Gasteiger partial charge in [0.2, 0.25) is 0 Å². The Labute approximate surface area is 64.8 Å². The van der Waals surface area contributed by atoms with Crippen LogP contribution in [0.5, 0.6) is 0 Å². The van der Waals surface area contributed by atoms with Crippen molar-refractivity contribution >= 4 is 11.9 Å². The van der Waals surface area contributed by atoms with Gasteiger partial charge >= 0.3 is 5.97 Å². The van der Waals surface area contributed by atoms with E-state index in [0.29, 0.717) is 0 Å². The summed E-state index contributed by atoms with van der Waals surface area (Å²) in [6.45, 7) is 3.12. The molecule has 0 fully saturated rings. The van der Waals surface area contributed by atoms with Gasteiger partial charge in [0.05, 0.1) is 6.04 Å². The highest BCUT2D eigenvalue weighted by atomic mass is 16.7. The van der Waals surface area contributed by atoms with Crippen LogP contribution >= 0.6 is 0 Å². The van der Waals surface area contributed by atoms with Crippen molar-refractivity contribution in [2.75, 3.05) is 0 Å². The summed E-state index contributed by atoms with van der Waals surface area (Å²) in [4.78, 5) is 25.4. The van der Waals surface area contributed by atoms with E-state index in [9.17, 15) is 9.59 Å². The minimum absolute atomic E-state index is 0.221. The second-order valence-corrected chi connectivity index (χ2v) is 2.08. The number of hydrogen-bond donors (Lipinski definition) is 2. The Hall–Kier alpha value is -1.10. The largest absolute Gasteiger partial charge is 0.341 e. The number of carbonyl (C=O) groups is 2. The first-order valence-corrected chi connectivity index (χ1v) is 3.33. The van der Waals surface area contributed by atoms with Gasteiger partial charge in [-0.25, -0.2) is 4.79 Å². The highest BCUT2D eigenvalue weighted by Crippen LogP contribution is 1.81. The van der Waals surface area contributed by atoms with Crippen molar-refractivity contribution in [3.63, 3.8) is 0 Å². The summed E-state index contributed by atoms with van der Waals surface area (Å²) < 4.78 is 0. The molecule has 0 bridgehead atoms. The average Bonchev–Trinajstić information content (AvgIpc) is 1.99. The van der Waals surface area contributed by atoms with E-state index in [-0.39, 0.29) is 6.42 Å². The molecule has 0 unspecified atom stereocenters. The summed E-state index contributed by atoms with van der Waals surface area (Å²) >= 11 is 0. The molecule has 0 aromatic carbocycles. The molecular weight excluding hydrogens is 148 g/mol. The van der Waals surface area contributed by atoms with Gasteiger partial charge in [-0.3, -0.25) is 4.79 Å². The van der Waals surface area contributed by atoms with E-state index in [1.165, 1.54) is 6.92 Å². The molecular formula is C6H12N2O3. The SMILES string of the molecule is CCC(=O)ONC(=O)[C@H](C)N. The van der Waals surface area contributed by atoms with Crippen LogP contribution in [-0.2, 0) is 14.4 Å². The van der Waals surface area contributed by atoms with Crippen molar-refractivity contribution in [2.24, 2.45) is 5.73 Å². The molecule has 5 heteroatoms. The van der Waals surface area contributed by atoms with Crippen LogP contribution in [0.2, 0.25) is 0 Å². The van der Waals surface area contributed by atoms with Crippen LogP contribution in [0.3, 0.4) is 0 Å². The Bertz CT molecular complexity index is 156. The first-order chi connectivity index (χ1) is 5.07. The van der Waals surface area contributed by atoms with Crippen molar-refractivity contribution in [1.82, 2.24) is 5.48 Å². The molecule has 0 aliphatic rings. The van der Waals surface area contributed by atoms with Crippen LogP contribution in [0.15, 0.2) is 0 Å². The lowest BCUT2D eigenvalue weighted by Crippen LogP contribution is -2.39. The molecule has 0 spiro atoms. The third-order valence-electron chi connectivity index (χ3n) is 0.968. The van der Waals surface area contributed by atoms with Gasteiger partial charge in [0.25, 0.3) is 5.91 Å². The van der Waals surface area contributed by atoms with E-state index < -0.39 is 17.9 Å². The van der Waals surface area contributed by atoms with E-state index >= 15 is 0 Å². The molecule has 0 saturated heterocycles. The molecule has 0 aromatic rings. The molecule has 64 valence electrons.